The van der Waals surface area contributed by atoms with Gasteiger partial charge in [-0.2, -0.15) is 0 Å². The average Bonchev–Trinajstić information content (AvgIpc) is 2.50. The van der Waals surface area contributed by atoms with Crippen LogP contribution >= 0.6 is 0 Å². The fourth-order valence-corrected chi connectivity index (χ4v) is 1.93. The summed E-state index contributed by atoms with van der Waals surface area (Å²) in [6.07, 6.45) is 0.885. The number of nitrogens with zero attached hydrogens (tertiary/aromatic N) is 1. The number of methoxy groups -OCH3 is 3. The number of urea groups is 1. The van der Waals surface area contributed by atoms with E-state index in [1.165, 1.54) is 21.3 Å². The molecule has 0 saturated carbocycles. The van der Waals surface area contributed by atoms with E-state index in [2.05, 4.69) is 15.5 Å². The minimum Gasteiger partial charge on any atom is -0.493 e. The van der Waals surface area contributed by atoms with Gasteiger partial charge in [0.15, 0.2) is 11.5 Å². The van der Waals surface area contributed by atoms with E-state index in [0.717, 1.165) is 13.0 Å². The van der Waals surface area contributed by atoms with Crippen molar-refractivity contribution in [1.82, 2.24) is 10.2 Å². The summed E-state index contributed by atoms with van der Waals surface area (Å²) in [4.78, 5) is 13.9. The van der Waals surface area contributed by atoms with Gasteiger partial charge in [0.05, 0.1) is 27.0 Å². The molecule has 124 valence electrons. The molecule has 2 N–H and O–H groups in total. The van der Waals surface area contributed by atoms with Crippen molar-refractivity contribution in [2.75, 3.05) is 53.8 Å². The number of amides is 2. The van der Waals surface area contributed by atoms with Crippen molar-refractivity contribution in [3.05, 3.63) is 12.1 Å². The standard InChI is InChI=1S/C15H25N3O4/c1-18(2)8-6-7-16-15(19)17-11-9-12(20-3)14(22-5)13(10-11)21-4/h9-10H,6-8H2,1-5H3,(H2,16,17,19). The summed E-state index contributed by atoms with van der Waals surface area (Å²) in [6.45, 7) is 1.53. The molecule has 0 atom stereocenters. The number of anilines is 1. The van der Waals surface area contributed by atoms with Crippen LogP contribution in [0.5, 0.6) is 17.2 Å². The first-order chi connectivity index (χ1) is 10.5. The van der Waals surface area contributed by atoms with Crippen LogP contribution < -0.4 is 24.8 Å². The molecule has 0 aliphatic rings. The van der Waals surface area contributed by atoms with E-state index in [9.17, 15) is 4.79 Å². The molecule has 22 heavy (non-hydrogen) atoms. The van der Waals surface area contributed by atoms with E-state index in [1.807, 2.05) is 14.1 Å². The summed E-state index contributed by atoms with van der Waals surface area (Å²) in [5.41, 5.74) is 0.569. The lowest BCUT2D eigenvalue weighted by atomic mass is 10.2. The maximum absolute atomic E-state index is 11.9. The number of nitrogens with one attached hydrogen (secondary N) is 2. The van der Waals surface area contributed by atoms with E-state index in [4.69, 9.17) is 14.2 Å². The number of hydrogen-bond acceptors (Lipinski definition) is 5. The second kappa shape index (κ2) is 8.99. The number of hydrogen-bond donors (Lipinski definition) is 2. The highest BCUT2D eigenvalue weighted by molar-refractivity contribution is 5.90. The van der Waals surface area contributed by atoms with Crippen LogP contribution in [0.15, 0.2) is 12.1 Å². The minimum atomic E-state index is -0.270. The number of carbonyl (C=O) groups excluding carboxylic acids is 1. The summed E-state index contributed by atoms with van der Waals surface area (Å²) in [6, 6.07) is 3.09. The fraction of sp³-hybridized carbons (Fsp3) is 0.533. The van der Waals surface area contributed by atoms with E-state index in [1.54, 1.807) is 12.1 Å². The Balaban J connectivity index is 2.66. The van der Waals surface area contributed by atoms with Crippen LogP contribution in [-0.4, -0.2) is 59.4 Å². The molecular formula is C15H25N3O4. The number of carbonyl (C=O) groups is 1. The molecule has 0 aliphatic heterocycles. The van der Waals surface area contributed by atoms with Crippen LogP contribution in [0.25, 0.3) is 0 Å². The molecule has 0 saturated heterocycles. The van der Waals surface area contributed by atoms with Gasteiger partial charge in [-0.25, -0.2) is 4.79 Å². The van der Waals surface area contributed by atoms with Crippen LogP contribution in [-0.2, 0) is 0 Å². The van der Waals surface area contributed by atoms with Crippen LogP contribution in [0, 0.1) is 0 Å². The van der Waals surface area contributed by atoms with Gasteiger partial charge in [-0.15, -0.1) is 0 Å². The molecule has 1 aromatic rings. The highest BCUT2D eigenvalue weighted by atomic mass is 16.5. The second-order valence-electron chi connectivity index (χ2n) is 4.95. The zero-order chi connectivity index (χ0) is 16.5. The molecule has 1 aromatic carbocycles. The Morgan fingerprint density at radius 1 is 1.09 bits per heavy atom. The van der Waals surface area contributed by atoms with E-state index < -0.39 is 0 Å². The third-order valence-corrected chi connectivity index (χ3v) is 2.99. The van der Waals surface area contributed by atoms with Crippen LogP contribution in [0.4, 0.5) is 10.5 Å². The van der Waals surface area contributed by atoms with Gasteiger partial charge < -0.3 is 29.7 Å². The summed E-state index contributed by atoms with van der Waals surface area (Å²) < 4.78 is 15.7. The Hall–Kier alpha value is -2.15. The van der Waals surface area contributed by atoms with Gasteiger partial charge in [0.1, 0.15) is 0 Å². The maximum atomic E-state index is 11.9. The molecule has 2 amide bonds. The number of ether oxygens (including phenoxy) is 3. The molecule has 0 radical (unpaired) electrons. The van der Waals surface area contributed by atoms with Crippen molar-refractivity contribution < 1.29 is 19.0 Å². The molecule has 0 aromatic heterocycles. The lowest BCUT2D eigenvalue weighted by Gasteiger charge is -2.15. The zero-order valence-corrected chi connectivity index (χ0v) is 13.9. The molecule has 1 rings (SSSR count). The van der Waals surface area contributed by atoms with Crippen molar-refractivity contribution >= 4 is 11.7 Å². The Bertz CT molecular complexity index is 467. The Morgan fingerprint density at radius 3 is 2.14 bits per heavy atom. The zero-order valence-electron chi connectivity index (χ0n) is 13.9. The van der Waals surface area contributed by atoms with Crippen LogP contribution in [0.3, 0.4) is 0 Å². The molecule has 7 nitrogen and oxygen atoms in total. The van der Waals surface area contributed by atoms with Gasteiger partial charge >= 0.3 is 6.03 Å². The summed E-state index contributed by atoms with van der Waals surface area (Å²) >= 11 is 0. The Labute approximate surface area is 131 Å². The summed E-state index contributed by atoms with van der Waals surface area (Å²) in [5.74, 6) is 1.47. The lowest BCUT2D eigenvalue weighted by Crippen LogP contribution is -2.31. The molecular weight excluding hydrogens is 286 g/mol. The van der Waals surface area contributed by atoms with E-state index in [0.29, 0.717) is 29.5 Å². The fourth-order valence-electron chi connectivity index (χ4n) is 1.93. The third kappa shape index (κ3) is 5.33. The average molecular weight is 311 g/mol. The normalized spacial score (nSPS) is 10.3. The monoisotopic (exact) mass is 311 g/mol. The van der Waals surface area contributed by atoms with Gasteiger partial charge in [0.25, 0.3) is 0 Å². The first-order valence-corrected chi connectivity index (χ1v) is 7.01. The molecule has 0 heterocycles. The van der Waals surface area contributed by atoms with Crippen molar-refractivity contribution in [1.29, 1.82) is 0 Å². The highest BCUT2D eigenvalue weighted by Crippen LogP contribution is 2.39. The quantitative estimate of drug-likeness (QED) is 0.716. The number of benzene rings is 1. The Morgan fingerprint density at radius 2 is 1.68 bits per heavy atom. The molecule has 0 fully saturated rings. The first-order valence-electron chi connectivity index (χ1n) is 7.01. The molecule has 0 bridgehead atoms. The molecule has 7 heteroatoms. The summed E-state index contributed by atoms with van der Waals surface area (Å²) in [7, 11) is 8.58. The SMILES string of the molecule is COc1cc(NC(=O)NCCCN(C)C)cc(OC)c1OC. The van der Waals surface area contributed by atoms with E-state index >= 15 is 0 Å². The number of rotatable bonds is 8. The van der Waals surface area contributed by atoms with Crippen molar-refractivity contribution in [3.63, 3.8) is 0 Å². The maximum Gasteiger partial charge on any atom is 0.319 e. The van der Waals surface area contributed by atoms with Gasteiger partial charge in [-0.1, -0.05) is 0 Å². The summed E-state index contributed by atoms with van der Waals surface area (Å²) in [5, 5.41) is 5.55. The van der Waals surface area contributed by atoms with E-state index in [-0.39, 0.29) is 6.03 Å². The van der Waals surface area contributed by atoms with Gasteiger partial charge in [0.2, 0.25) is 5.75 Å². The molecule has 0 aliphatic carbocycles. The topological polar surface area (TPSA) is 72.1 Å². The predicted octanol–water partition coefficient (Wildman–Crippen LogP) is 1.79. The van der Waals surface area contributed by atoms with Gasteiger partial charge in [-0.3, -0.25) is 0 Å². The van der Waals surface area contributed by atoms with Gasteiger partial charge in [0, 0.05) is 18.7 Å². The van der Waals surface area contributed by atoms with Crippen molar-refractivity contribution in [2.24, 2.45) is 0 Å². The first kappa shape index (κ1) is 17.9. The largest absolute Gasteiger partial charge is 0.493 e. The lowest BCUT2D eigenvalue weighted by molar-refractivity contribution is 0.251. The van der Waals surface area contributed by atoms with Gasteiger partial charge in [-0.05, 0) is 27.1 Å². The minimum absolute atomic E-state index is 0.270. The molecule has 0 spiro atoms. The predicted molar refractivity (Wildman–Crippen MR) is 86.3 cm³/mol. The smallest absolute Gasteiger partial charge is 0.319 e. The third-order valence-electron chi connectivity index (χ3n) is 2.99. The Kier molecular flexibility index (Phi) is 7.31. The van der Waals surface area contributed by atoms with Crippen LogP contribution in [0.1, 0.15) is 6.42 Å². The second-order valence-corrected chi connectivity index (χ2v) is 4.95. The van der Waals surface area contributed by atoms with Crippen molar-refractivity contribution in [2.45, 2.75) is 6.42 Å². The van der Waals surface area contributed by atoms with Crippen molar-refractivity contribution in [3.8, 4) is 17.2 Å². The molecule has 0 unspecified atom stereocenters. The van der Waals surface area contributed by atoms with Crippen LogP contribution in [0.2, 0.25) is 0 Å². The highest BCUT2D eigenvalue weighted by Gasteiger charge is 2.14.